The molecule has 1 aliphatic rings. The van der Waals surface area contributed by atoms with E-state index in [-0.39, 0.29) is 22.7 Å². The van der Waals surface area contributed by atoms with Gasteiger partial charge in [-0.15, -0.1) is 0 Å². The van der Waals surface area contributed by atoms with Gasteiger partial charge < -0.3 is 0 Å². The van der Waals surface area contributed by atoms with Gasteiger partial charge in [0.2, 0.25) is 0 Å². The number of carbonyl (C=O) groups excluding carboxylic acids is 1. The molecule has 0 bridgehead atoms. The first-order chi connectivity index (χ1) is 7.21. The molecular formula is C11H21NO3S. The number of Topliss-reactive ketones (excluding diaryl/α,β-unsaturated/α-hetero) is 1. The molecule has 0 spiro atoms. The molecule has 1 fully saturated rings. The quantitative estimate of drug-likeness (QED) is 0.721. The maximum atomic E-state index is 11.8. The van der Waals surface area contributed by atoms with Crippen LogP contribution in [0.5, 0.6) is 0 Å². The van der Waals surface area contributed by atoms with Gasteiger partial charge >= 0.3 is 0 Å². The summed E-state index contributed by atoms with van der Waals surface area (Å²) < 4.78 is 22.8. The second-order valence-corrected chi connectivity index (χ2v) is 7.76. The first-order valence-electron chi connectivity index (χ1n) is 5.67. The minimum absolute atomic E-state index is 0.173. The Morgan fingerprint density at radius 3 is 2.38 bits per heavy atom. The van der Waals surface area contributed by atoms with Crippen molar-refractivity contribution in [1.29, 1.82) is 0 Å². The van der Waals surface area contributed by atoms with Crippen LogP contribution in [0.2, 0.25) is 0 Å². The summed E-state index contributed by atoms with van der Waals surface area (Å²) in [6, 6.07) is 0. The van der Waals surface area contributed by atoms with Crippen LogP contribution in [0.3, 0.4) is 0 Å². The zero-order valence-corrected chi connectivity index (χ0v) is 11.1. The molecule has 0 aromatic rings. The summed E-state index contributed by atoms with van der Waals surface area (Å²) in [5, 5.41) is 0. The van der Waals surface area contributed by atoms with Crippen LogP contribution in [0.25, 0.3) is 0 Å². The number of carbonyl (C=O) groups is 1. The lowest BCUT2D eigenvalue weighted by Gasteiger charge is -2.23. The van der Waals surface area contributed by atoms with E-state index in [1.807, 2.05) is 25.7 Å². The van der Waals surface area contributed by atoms with Crippen LogP contribution in [-0.4, -0.2) is 50.2 Å². The standard InChI is InChI=1S/C11H21NO3S/c1-11(2,3)10(13)9-12-5-4-7-16(14,15)8-6-12/h4-9H2,1-3H3. The molecule has 16 heavy (non-hydrogen) atoms. The summed E-state index contributed by atoms with van der Waals surface area (Å²) in [7, 11) is -2.88. The molecule has 1 rings (SSSR count). The maximum absolute atomic E-state index is 11.8. The van der Waals surface area contributed by atoms with Gasteiger partial charge in [0.25, 0.3) is 0 Å². The van der Waals surface area contributed by atoms with Gasteiger partial charge in [0.05, 0.1) is 18.1 Å². The van der Waals surface area contributed by atoms with Crippen LogP contribution in [0.4, 0.5) is 0 Å². The zero-order valence-electron chi connectivity index (χ0n) is 10.3. The van der Waals surface area contributed by atoms with Gasteiger partial charge in [0.1, 0.15) is 0 Å². The molecule has 0 aliphatic carbocycles. The summed E-state index contributed by atoms with van der Waals surface area (Å²) in [5.41, 5.74) is -0.342. The third kappa shape index (κ3) is 4.22. The predicted octanol–water partition coefficient (Wildman–Crippen LogP) is 0.722. The predicted molar refractivity (Wildman–Crippen MR) is 64.2 cm³/mol. The first kappa shape index (κ1) is 13.6. The largest absolute Gasteiger partial charge is 0.298 e. The van der Waals surface area contributed by atoms with Crippen LogP contribution in [0, 0.1) is 5.41 Å². The van der Waals surface area contributed by atoms with Crippen LogP contribution in [0.1, 0.15) is 27.2 Å². The highest BCUT2D eigenvalue weighted by Crippen LogP contribution is 2.16. The second kappa shape index (κ2) is 4.84. The summed E-state index contributed by atoms with van der Waals surface area (Å²) in [6.45, 7) is 7.25. The van der Waals surface area contributed by atoms with E-state index < -0.39 is 9.84 Å². The molecule has 1 heterocycles. The van der Waals surface area contributed by atoms with Gasteiger partial charge in [0.15, 0.2) is 15.6 Å². The molecule has 0 radical (unpaired) electrons. The van der Waals surface area contributed by atoms with Crippen LogP contribution in [-0.2, 0) is 14.6 Å². The van der Waals surface area contributed by atoms with E-state index in [9.17, 15) is 13.2 Å². The fraction of sp³-hybridized carbons (Fsp3) is 0.909. The molecule has 0 unspecified atom stereocenters. The van der Waals surface area contributed by atoms with Crippen LogP contribution < -0.4 is 0 Å². The average molecular weight is 247 g/mol. The van der Waals surface area contributed by atoms with E-state index in [4.69, 9.17) is 0 Å². The minimum atomic E-state index is -2.88. The fourth-order valence-electron chi connectivity index (χ4n) is 1.59. The SMILES string of the molecule is CC(C)(C)C(=O)CN1CCCS(=O)(=O)CC1. The van der Waals surface area contributed by atoms with Gasteiger partial charge in [-0.05, 0) is 13.0 Å². The highest BCUT2D eigenvalue weighted by molar-refractivity contribution is 7.91. The molecule has 1 saturated heterocycles. The van der Waals surface area contributed by atoms with Crippen molar-refractivity contribution >= 4 is 15.6 Å². The van der Waals surface area contributed by atoms with E-state index in [2.05, 4.69) is 0 Å². The number of ketones is 1. The van der Waals surface area contributed by atoms with E-state index in [1.165, 1.54) is 0 Å². The summed E-state index contributed by atoms with van der Waals surface area (Å²) in [5.74, 6) is 0.615. The molecule has 0 atom stereocenters. The Kier molecular flexibility index (Phi) is 4.12. The Bertz CT molecular complexity index is 354. The van der Waals surface area contributed by atoms with E-state index in [0.717, 1.165) is 0 Å². The van der Waals surface area contributed by atoms with E-state index >= 15 is 0 Å². The highest BCUT2D eigenvalue weighted by Gasteiger charge is 2.25. The lowest BCUT2D eigenvalue weighted by atomic mass is 9.90. The van der Waals surface area contributed by atoms with Crippen molar-refractivity contribution in [2.24, 2.45) is 5.41 Å². The lowest BCUT2D eigenvalue weighted by molar-refractivity contribution is -0.127. The van der Waals surface area contributed by atoms with Crippen molar-refractivity contribution < 1.29 is 13.2 Å². The summed E-state index contributed by atoms with van der Waals surface area (Å²) in [4.78, 5) is 13.8. The van der Waals surface area contributed by atoms with Crippen molar-refractivity contribution in [3.05, 3.63) is 0 Å². The van der Waals surface area contributed by atoms with Gasteiger partial charge in [0, 0.05) is 12.0 Å². The van der Waals surface area contributed by atoms with Crippen molar-refractivity contribution in [2.45, 2.75) is 27.2 Å². The number of hydrogen-bond donors (Lipinski definition) is 0. The number of rotatable bonds is 2. The van der Waals surface area contributed by atoms with Gasteiger partial charge in [-0.1, -0.05) is 20.8 Å². The first-order valence-corrected chi connectivity index (χ1v) is 7.49. The van der Waals surface area contributed by atoms with Crippen LogP contribution in [0.15, 0.2) is 0 Å². The van der Waals surface area contributed by atoms with Crippen LogP contribution >= 0.6 is 0 Å². The average Bonchev–Trinajstić information content (AvgIpc) is 2.26. The Morgan fingerprint density at radius 2 is 1.81 bits per heavy atom. The number of sulfone groups is 1. The lowest BCUT2D eigenvalue weighted by Crippen LogP contribution is -2.37. The van der Waals surface area contributed by atoms with Gasteiger partial charge in [-0.2, -0.15) is 0 Å². The topological polar surface area (TPSA) is 54.5 Å². The third-order valence-corrected chi connectivity index (χ3v) is 4.57. The molecule has 1 aliphatic heterocycles. The van der Waals surface area contributed by atoms with Crippen molar-refractivity contribution in [2.75, 3.05) is 31.1 Å². The third-order valence-electron chi connectivity index (χ3n) is 2.85. The normalized spacial score (nSPS) is 22.7. The molecule has 0 amide bonds. The molecule has 0 saturated carbocycles. The number of nitrogens with zero attached hydrogens (tertiary/aromatic N) is 1. The Labute approximate surface area is 97.9 Å². The van der Waals surface area contributed by atoms with E-state index in [1.54, 1.807) is 0 Å². The molecule has 0 aromatic heterocycles. The molecule has 0 aromatic carbocycles. The smallest absolute Gasteiger partial charge is 0.152 e. The highest BCUT2D eigenvalue weighted by atomic mass is 32.2. The molecule has 94 valence electrons. The Balaban J connectivity index is 2.54. The fourth-order valence-corrected chi connectivity index (χ4v) is 2.90. The Hall–Kier alpha value is -0.420. The minimum Gasteiger partial charge on any atom is -0.298 e. The summed E-state index contributed by atoms with van der Waals surface area (Å²) >= 11 is 0. The van der Waals surface area contributed by atoms with Crippen molar-refractivity contribution in [1.82, 2.24) is 4.90 Å². The molecule has 4 nitrogen and oxygen atoms in total. The van der Waals surface area contributed by atoms with Crippen molar-refractivity contribution in [3.8, 4) is 0 Å². The van der Waals surface area contributed by atoms with Gasteiger partial charge in [-0.25, -0.2) is 8.42 Å². The number of hydrogen-bond acceptors (Lipinski definition) is 4. The molecule has 5 heteroatoms. The molecule has 0 N–H and O–H groups in total. The monoisotopic (exact) mass is 247 g/mol. The van der Waals surface area contributed by atoms with Gasteiger partial charge in [-0.3, -0.25) is 9.69 Å². The van der Waals surface area contributed by atoms with Crippen molar-refractivity contribution in [3.63, 3.8) is 0 Å². The summed E-state index contributed by atoms with van der Waals surface area (Å²) in [6.07, 6.45) is 0.639. The second-order valence-electron chi connectivity index (χ2n) is 5.45. The zero-order chi connectivity index (χ0) is 12.4. The maximum Gasteiger partial charge on any atom is 0.152 e. The molecular weight excluding hydrogens is 226 g/mol. The Morgan fingerprint density at radius 1 is 1.19 bits per heavy atom. The van der Waals surface area contributed by atoms with E-state index in [0.29, 0.717) is 26.1 Å².